The summed E-state index contributed by atoms with van der Waals surface area (Å²) in [5.41, 5.74) is 0.246. The molecular formula is C14H20INO2. The summed E-state index contributed by atoms with van der Waals surface area (Å²) in [5, 5.41) is 12.6. The molecule has 0 spiro atoms. The molecule has 0 radical (unpaired) electrons. The maximum Gasteiger partial charge on any atom is 0.323 e. The van der Waals surface area contributed by atoms with Crippen LogP contribution in [0.1, 0.15) is 45.2 Å². The number of hydrogen-bond acceptors (Lipinski definition) is 2. The molecule has 0 aliphatic heterocycles. The van der Waals surface area contributed by atoms with Crippen LogP contribution in [0.2, 0.25) is 0 Å². The van der Waals surface area contributed by atoms with Gasteiger partial charge < -0.3 is 5.11 Å². The van der Waals surface area contributed by atoms with Gasteiger partial charge in [-0.05, 0) is 60.6 Å². The first-order chi connectivity index (χ1) is 8.39. The highest BCUT2D eigenvalue weighted by molar-refractivity contribution is 14.1. The summed E-state index contributed by atoms with van der Waals surface area (Å²) in [6.45, 7) is 5.75. The molecule has 2 N–H and O–H groups in total. The summed E-state index contributed by atoms with van der Waals surface area (Å²) in [7, 11) is 0. The zero-order chi connectivity index (χ0) is 13.8. The molecule has 0 aromatic heterocycles. The van der Waals surface area contributed by atoms with E-state index in [-0.39, 0.29) is 6.04 Å². The molecule has 0 heterocycles. The van der Waals surface area contributed by atoms with Crippen molar-refractivity contribution in [3.63, 3.8) is 0 Å². The van der Waals surface area contributed by atoms with Gasteiger partial charge in [0.05, 0.1) is 0 Å². The van der Waals surface area contributed by atoms with Crippen molar-refractivity contribution in [3.8, 4) is 0 Å². The molecule has 1 aromatic rings. The molecule has 2 atom stereocenters. The van der Waals surface area contributed by atoms with Crippen LogP contribution >= 0.6 is 22.6 Å². The number of aliphatic carboxylic acids is 1. The topological polar surface area (TPSA) is 49.3 Å². The Bertz CT molecular complexity index is 405. The lowest BCUT2D eigenvalue weighted by atomic mass is 9.94. The third kappa shape index (κ3) is 3.95. The fourth-order valence-corrected chi connectivity index (χ4v) is 2.41. The summed E-state index contributed by atoms with van der Waals surface area (Å²) in [5.74, 6) is -0.790. The summed E-state index contributed by atoms with van der Waals surface area (Å²) in [6.07, 6.45) is 1.46. The first-order valence-corrected chi connectivity index (χ1v) is 7.23. The van der Waals surface area contributed by atoms with Crippen LogP contribution in [0, 0.1) is 3.57 Å². The summed E-state index contributed by atoms with van der Waals surface area (Å²) in [6, 6.07) is 8.16. The Labute approximate surface area is 122 Å². The Balaban J connectivity index is 2.81. The molecule has 0 bridgehead atoms. The van der Waals surface area contributed by atoms with Crippen molar-refractivity contribution in [2.75, 3.05) is 0 Å². The zero-order valence-corrected chi connectivity index (χ0v) is 13.2. The molecule has 0 aliphatic rings. The lowest BCUT2D eigenvalue weighted by molar-refractivity contribution is -0.144. The van der Waals surface area contributed by atoms with E-state index in [1.54, 1.807) is 6.92 Å². The Hall–Kier alpha value is -0.620. The average molecular weight is 361 g/mol. The highest BCUT2D eigenvalue weighted by Gasteiger charge is 2.33. The standard InChI is InChI=1S/C14H20INO2/c1-4-9-14(3,13(17)18)16-10(2)11-5-7-12(15)8-6-11/h5-8,10,16H,4,9H2,1-3H3,(H,17,18). The SMILES string of the molecule is CCCC(C)(NC(C)c1ccc(I)cc1)C(=O)O. The monoisotopic (exact) mass is 361 g/mol. The first kappa shape index (κ1) is 15.4. The van der Waals surface area contributed by atoms with Crippen LogP contribution in [0.3, 0.4) is 0 Å². The van der Waals surface area contributed by atoms with Gasteiger partial charge in [0.2, 0.25) is 0 Å². The summed E-state index contributed by atoms with van der Waals surface area (Å²) >= 11 is 2.26. The van der Waals surface area contributed by atoms with Crippen molar-refractivity contribution < 1.29 is 9.90 Å². The lowest BCUT2D eigenvalue weighted by Gasteiger charge is -2.30. The fraction of sp³-hybridized carbons (Fsp3) is 0.500. The van der Waals surface area contributed by atoms with E-state index in [2.05, 4.69) is 27.9 Å². The van der Waals surface area contributed by atoms with E-state index < -0.39 is 11.5 Å². The molecule has 3 nitrogen and oxygen atoms in total. The van der Waals surface area contributed by atoms with Crippen molar-refractivity contribution in [1.29, 1.82) is 0 Å². The number of carboxylic acid groups (broad SMARTS) is 1. The van der Waals surface area contributed by atoms with E-state index in [1.807, 2.05) is 38.1 Å². The number of benzene rings is 1. The van der Waals surface area contributed by atoms with Crippen LogP contribution in [-0.4, -0.2) is 16.6 Å². The van der Waals surface area contributed by atoms with Gasteiger partial charge in [-0.25, -0.2) is 0 Å². The van der Waals surface area contributed by atoms with E-state index in [0.29, 0.717) is 6.42 Å². The lowest BCUT2D eigenvalue weighted by Crippen LogP contribution is -2.50. The fourth-order valence-electron chi connectivity index (χ4n) is 2.05. The maximum absolute atomic E-state index is 11.4. The van der Waals surface area contributed by atoms with Crippen molar-refractivity contribution in [3.05, 3.63) is 33.4 Å². The predicted molar refractivity (Wildman–Crippen MR) is 81.7 cm³/mol. The van der Waals surface area contributed by atoms with Crippen LogP contribution in [0.5, 0.6) is 0 Å². The second kappa shape index (κ2) is 6.52. The van der Waals surface area contributed by atoms with Gasteiger partial charge in [-0.1, -0.05) is 25.5 Å². The van der Waals surface area contributed by atoms with Crippen LogP contribution < -0.4 is 5.32 Å². The first-order valence-electron chi connectivity index (χ1n) is 6.15. The van der Waals surface area contributed by atoms with Gasteiger partial charge in [0, 0.05) is 9.61 Å². The second-order valence-electron chi connectivity index (χ2n) is 4.80. The highest BCUT2D eigenvalue weighted by Crippen LogP contribution is 2.21. The average Bonchev–Trinajstić information content (AvgIpc) is 2.29. The number of hydrogen-bond donors (Lipinski definition) is 2. The quantitative estimate of drug-likeness (QED) is 0.762. The Morgan fingerprint density at radius 3 is 2.44 bits per heavy atom. The molecule has 2 unspecified atom stereocenters. The van der Waals surface area contributed by atoms with E-state index in [0.717, 1.165) is 12.0 Å². The Kier molecular flexibility index (Phi) is 5.59. The van der Waals surface area contributed by atoms with Gasteiger partial charge >= 0.3 is 5.97 Å². The van der Waals surface area contributed by atoms with Gasteiger partial charge in [0.15, 0.2) is 0 Å². The van der Waals surface area contributed by atoms with Crippen LogP contribution in [0.15, 0.2) is 24.3 Å². The molecule has 0 saturated carbocycles. The van der Waals surface area contributed by atoms with Gasteiger partial charge in [-0.15, -0.1) is 0 Å². The minimum absolute atomic E-state index is 0.0228. The third-order valence-corrected chi connectivity index (χ3v) is 3.85. The smallest absolute Gasteiger partial charge is 0.323 e. The zero-order valence-electron chi connectivity index (χ0n) is 11.0. The van der Waals surface area contributed by atoms with E-state index >= 15 is 0 Å². The van der Waals surface area contributed by atoms with Crippen LogP contribution in [-0.2, 0) is 4.79 Å². The Morgan fingerprint density at radius 1 is 1.44 bits per heavy atom. The van der Waals surface area contributed by atoms with Crippen molar-refractivity contribution in [2.45, 2.75) is 45.2 Å². The molecule has 0 saturated heterocycles. The third-order valence-electron chi connectivity index (χ3n) is 3.13. The summed E-state index contributed by atoms with van der Waals surface area (Å²) in [4.78, 5) is 11.4. The number of halogens is 1. The molecule has 0 fully saturated rings. The van der Waals surface area contributed by atoms with E-state index in [4.69, 9.17) is 0 Å². The maximum atomic E-state index is 11.4. The van der Waals surface area contributed by atoms with Gasteiger partial charge in [-0.3, -0.25) is 10.1 Å². The molecule has 4 heteroatoms. The van der Waals surface area contributed by atoms with Crippen molar-refractivity contribution >= 4 is 28.6 Å². The number of carbonyl (C=O) groups is 1. The van der Waals surface area contributed by atoms with Crippen LogP contribution in [0.25, 0.3) is 0 Å². The largest absolute Gasteiger partial charge is 0.480 e. The second-order valence-corrected chi connectivity index (χ2v) is 6.05. The normalized spacial score (nSPS) is 16.0. The molecule has 100 valence electrons. The molecular weight excluding hydrogens is 341 g/mol. The van der Waals surface area contributed by atoms with Gasteiger partial charge in [-0.2, -0.15) is 0 Å². The van der Waals surface area contributed by atoms with Crippen molar-refractivity contribution in [1.82, 2.24) is 5.32 Å². The number of carboxylic acids is 1. The van der Waals surface area contributed by atoms with Gasteiger partial charge in [0.1, 0.15) is 5.54 Å². The molecule has 1 aromatic carbocycles. The van der Waals surface area contributed by atoms with Gasteiger partial charge in [0.25, 0.3) is 0 Å². The molecule has 18 heavy (non-hydrogen) atoms. The highest BCUT2D eigenvalue weighted by atomic mass is 127. The number of rotatable bonds is 6. The Morgan fingerprint density at radius 2 is 2.00 bits per heavy atom. The summed E-state index contributed by atoms with van der Waals surface area (Å²) < 4.78 is 1.18. The van der Waals surface area contributed by atoms with E-state index in [1.165, 1.54) is 3.57 Å². The molecule has 1 rings (SSSR count). The van der Waals surface area contributed by atoms with Crippen LogP contribution in [0.4, 0.5) is 0 Å². The number of nitrogens with one attached hydrogen (secondary N) is 1. The van der Waals surface area contributed by atoms with Crippen molar-refractivity contribution in [2.24, 2.45) is 0 Å². The minimum atomic E-state index is -0.864. The van der Waals surface area contributed by atoms with E-state index in [9.17, 15) is 9.90 Å². The minimum Gasteiger partial charge on any atom is -0.480 e. The predicted octanol–water partition coefficient (Wildman–Crippen LogP) is 3.59. The molecule has 0 amide bonds. The molecule has 0 aliphatic carbocycles.